The maximum atomic E-state index is 12.2. The number of carbonyl (C=O) groups is 1. The van der Waals surface area contributed by atoms with Crippen LogP contribution in [0.4, 0.5) is 0 Å². The predicted molar refractivity (Wildman–Crippen MR) is 112 cm³/mol. The number of nitrogens with one attached hydrogen (secondary N) is 1. The SMILES string of the molecule is O=C(COc1cccc2ccccc12)NCc1cccc(CN2CCCC2)c1. The van der Waals surface area contributed by atoms with E-state index in [9.17, 15) is 4.79 Å². The van der Waals surface area contributed by atoms with Crippen LogP contribution < -0.4 is 10.1 Å². The number of fused-ring (bicyclic) bond motifs is 1. The van der Waals surface area contributed by atoms with Crippen LogP contribution in [0.5, 0.6) is 5.75 Å². The monoisotopic (exact) mass is 374 g/mol. The summed E-state index contributed by atoms with van der Waals surface area (Å²) in [6, 6.07) is 22.4. The second-order valence-corrected chi connectivity index (χ2v) is 7.35. The number of rotatable bonds is 7. The van der Waals surface area contributed by atoms with Crippen molar-refractivity contribution in [3.63, 3.8) is 0 Å². The molecule has 0 spiro atoms. The summed E-state index contributed by atoms with van der Waals surface area (Å²) in [6.07, 6.45) is 2.60. The maximum absolute atomic E-state index is 12.2. The highest BCUT2D eigenvalue weighted by Gasteiger charge is 2.12. The Morgan fingerprint density at radius 1 is 0.929 bits per heavy atom. The van der Waals surface area contributed by atoms with Gasteiger partial charge in [0, 0.05) is 18.5 Å². The summed E-state index contributed by atoms with van der Waals surface area (Å²) in [5.41, 5.74) is 2.43. The van der Waals surface area contributed by atoms with Gasteiger partial charge in [-0.2, -0.15) is 0 Å². The minimum atomic E-state index is -0.113. The molecule has 0 saturated carbocycles. The van der Waals surface area contributed by atoms with Crippen LogP contribution in [0.15, 0.2) is 66.7 Å². The first-order chi connectivity index (χ1) is 13.8. The summed E-state index contributed by atoms with van der Waals surface area (Å²) in [5.74, 6) is 0.624. The molecule has 4 heteroatoms. The first-order valence-electron chi connectivity index (χ1n) is 9.95. The van der Waals surface area contributed by atoms with E-state index in [1.54, 1.807) is 0 Å². The maximum Gasteiger partial charge on any atom is 0.258 e. The quantitative estimate of drug-likeness (QED) is 0.676. The number of hydrogen-bond donors (Lipinski definition) is 1. The Labute approximate surface area is 166 Å². The Kier molecular flexibility index (Phi) is 5.88. The van der Waals surface area contributed by atoms with Gasteiger partial charge in [-0.05, 0) is 48.5 Å². The number of hydrogen-bond acceptors (Lipinski definition) is 3. The average Bonchev–Trinajstić information content (AvgIpc) is 3.24. The Morgan fingerprint density at radius 3 is 2.57 bits per heavy atom. The molecule has 1 aliphatic rings. The number of ether oxygens (including phenoxy) is 1. The largest absolute Gasteiger partial charge is 0.483 e. The lowest BCUT2D eigenvalue weighted by molar-refractivity contribution is -0.123. The molecular weight excluding hydrogens is 348 g/mol. The van der Waals surface area contributed by atoms with E-state index in [1.165, 1.54) is 31.5 Å². The minimum absolute atomic E-state index is 0.0154. The van der Waals surface area contributed by atoms with Crippen LogP contribution in [-0.2, 0) is 17.9 Å². The van der Waals surface area contributed by atoms with Gasteiger partial charge in [0.25, 0.3) is 5.91 Å². The van der Waals surface area contributed by atoms with Crippen LogP contribution in [0.3, 0.4) is 0 Å². The second-order valence-electron chi connectivity index (χ2n) is 7.35. The molecular formula is C24H26N2O2. The minimum Gasteiger partial charge on any atom is -0.483 e. The van der Waals surface area contributed by atoms with E-state index >= 15 is 0 Å². The van der Waals surface area contributed by atoms with Crippen molar-refractivity contribution in [1.82, 2.24) is 10.2 Å². The number of nitrogens with zero attached hydrogens (tertiary/aromatic N) is 1. The Bertz CT molecular complexity index is 943. The summed E-state index contributed by atoms with van der Waals surface area (Å²) in [7, 11) is 0. The smallest absolute Gasteiger partial charge is 0.258 e. The van der Waals surface area contributed by atoms with Crippen molar-refractivity contribution < 1.29 is 9.53 Å². The molecule has 28 heavy (non-hydrogen) atoms. The van der Waals surface area contributed by atoms with E-state index in [-0.39, 0.29) is 12.5 Å². The lowest BCUT2D eigenvalue weighted by atomic mass is 10.1. The molecule has 1 N–H and O–H groups in total. The molecule has 0 radical (unpaired) electrons. The van der Waals surface area contributed by atoms with Crippen molar-refractivity contribution in [3.8, 4) is 5.75 Å². The highest BCUT2D eigenvalue weighted by atomic mass is 16.5. The van der Waals surface area contributed by atoms with Crippen LogP contribution >= 0.6 is 0 Å². The molecule has 1 heterocycles. The van der Waals surface area contributed by atoms with Crippen LogP contribution in [0.25, 0.3) is 10.8 Å². The Morgan fingerprint density at radius 2 is 1.68 bits per heavy atom. The van der Waals surface area contributed by atoms with Gasteiger partial charge >= 0.3 is 0 Å². The van der Waals surface area contributed by atoms with Crippen molar-refractivity contribution >= 4 is 16.7 Å². The Hall–Kier alpha value is -2.85. The fourth-order valence-electron chi connectivity index (χ4n) is 3.75. The third-order valence-electron chi connectivity index (χ3n) is 5.19. The van der Waals surface area contributed by atoms with E-state index in [1.807, 2.05) is 42.5 Å². The van der Waals surface area contributed by atoms with E-state index in [0.29, 0.717) is 6.54 Å². The molecule has 0 aromatic heterocycles. The molecule has 0 bridgehead atoms. The standard InChI is InChI=1S/C24H26N2O2/c27-24(18-28-23-12-6-10-21-9-1-2-11-22(21)23)25-16-19-7-5-8-20(15-19)17-26-13-3-4-14-26/h1-2,5-12,15H,3-4,13-14,16-18H2,(H,25,27). The van der Waals surface area contributed by atoms with Crippen molar-refractivity contribution in [1.29, 1.82) is 0 Å². The summed E-state index contributed by atoms with van der Waals surface area (Å²) < 4.78 is 5.76. The Balaban J connectivity index is 1.29. The van der Waals surface area contributed by atoms with Gasteiger partial charge < -0.3 is 10.1 Å². The van der Waals surface area contributed by atoms with Crippen molar-refractivity contribution in [2.45, 2.75) is 25.9 Å². The van der Waals surface area contributed by atoms with Crippen LogP contribution in [0, 0.1) is 0 Å². The number of amides is 1. The first-order valence-corrected chi connectivity index (χ1v) is 9.95. The zero-order valence-electron chi connectivity index (χ0n) is 16.1. The van der Waals surface area contributed by atoms with Crippen molar-refractivity contribution in [2.24, 2.45) is 0 Å². The van der Waals surface area contributed by atoms with Gasteiger partial charge in [0.05, 0.1) is 0 Å². The van der Waals surface area contributed by atoms with Crippen molar-refractivity contribution in [2.75, 3.05) is 19.7 Å². The lowest BCUT2D eigenvalue weighted by Gasteiger charge is -2.15. The summed E-state index contributed by atoms with van der Waals surface area (Å²) >= 11 is 0. The molecule has 144 valence electrons. The molecule has 0 unspecified atom stereocenters. The third kappa shape index (κ3) is 4.70. The van der Waals surface area contributed by atoms with E-state index in [4.69, 9.17) is 4.74 Å². The topological polar surface area (TPSA) is 41.6 Å². The molecule has 4 rings (SSSR count). The van der Waals surface area contributed by atoms with Gasteiger partial charge in [-0.15, -0.1) is 0 Å². The number of carbonyl (C=O) groups excluding carboxylic acids is 1. The fraction of sp³-hybridized carbons (Fsp3) is 0.292. The predicted octanol–water partition coefficient (Wildman–Crippen LogP) is 4.13. The highest BCUT2D eigenvalue weighted by molar-refractivity contribution is 5.88. The molecule has 3 aromatic rings. The summed E-state index contributed by atoms with van der Waals surface area (Å²) in [6.45, 7) is 3.90. The zero-order chi connectivity index (χ0) is 19.2. The third-order valence-corrected chi connectivity index (χ3v) is 5.19. The number of likely N-dealkylation sites (tertiary alicyclic amines) is 1. The average molecular weight is 374 g/mol. The summed E-state index contributed by atoms with van der Waals surface area (Å²) in [4.78, 5) is 14.7. The molecule has 0 atom stereocenters. The van der Waals surface area contributed by atoms with Gasteiger partial charge in [-0.3, -0.25) is 9.69 Å². The molecule has 1 saturated heterocycles. The molecule has 4 nitrogen and oxygen atoms in total. The van der Waals surface area contributed by atoms with Gasteiger partial charge in [0.2, 0.25) is 0 Å². The van der Waals surface area contributed by atoms with Gasteiger partial charge in [-0.25, -0.2) is 0 Å². The second kappa shape index (κ2) is 8.89. The van der Waals surface area contributed by atoms with Gasteiger partial charge in [0.15, 0.2) is 6.61 Å². The van der Waals surface area contributed by atoms with Gasteiger partial charge in [-0.1, -0.05) is 60.7 Å². The van der Waals surface area contributed by atoms with Crippen LogP contribution in [0.1, 0.15) is 24.0 Å². The molecule has 0 aliphatic carbocycles. The molecule has 1 fully saturated rings. The van der Waals surface area contributed by atoms with Crippen molar-refractivity contribution in [3.05, 3.63) is 77.9 Å². The molecule has 3 aromatic carbocycles. The van der Waals surface area contributed by atoms with E-state index in [0.717, 1.165) is 28.6 Å². The van der Waals surface area contributed by atoms with Crippen LogP contribution in [-0.4, -0.2) is 30.5 Å². The van der Waals surface area contributed by atoms with E-state index in [2.05, 4.69) is 34.5 Å². The van der Waals surface area contributed by atoms with Crippen LogP contribution in [0.2, 0.25) is 0 Å². The normalized spacial score (nSPS) is 14.3. The van der Waals surface area contributed by atoms with E-state index < -0.39 is 0 Å². The fourth-order valence-corrected chi connectivity index (χ4v) is 3.75. The van der Waals surface area contributed by atoms with Gasteiger partial charge in [0.1, 0.15) is 5.75 Å². The first kappa shape index (κ1) is 18.5. The zero-order valence-corrected chi connectivity index (χ0v) is 16.1. The molecule has 1 aliphatic heterocycles. The number of benzene rings is 3. The summed E-state index contributed by atoms with van der Waals surface area (Å²) in [5, 5.41) is 5.09. The highest BCUT2D eigenvalue weighted by Crippen LogP contribution is 2.25. The lowest BCUT2D eigenvalue weighted by Crippen LogP contribution is -2.28. The molecule has 1 amide bonds.